The van der Waals surface area contributed by atoms with Crippen molar-refractivity contribution < 1.29 is 14.3 Å². The molecule has 1 saturated heterocycles. The van der Waals surface area contributed by atoms with E-state index in [1.807, 2.05) is 11.0 Å². The molecule has 2 amide bonds. The van der Waals surface area contributed by atoms with E-state index in [9.17, 15) is 9.59 Å². The lowest BCUT2D eigenvalue weighted by atomic mass is 9.83. The molecule has 0 saturated carbocycles. The molecule has 1 heterocycles. The van der Waals surface area contributed by atoms with Gasteiger partial charge in [-0.05, 0) is 30.4 Å². The van der Waals surface area contributed by atoms with E-state index in [-0.39, 0.29) is 23.7 Å². The van der Waals surface area contributed by atoms with Gasteiger partial charge >= 0.3 is 0 Å². The first-order valence-electron chi connectivity index (χ1n) is 8.78. The summed E-state index contributed by atoms with van der Waals surface area (Å²) in [6.07, 6.45) is 3.23. The van der Waals surface area contributed by atoms with Crippen LogP contribution in [0.5, 0.6) is 0 Å². The van der Waals surface area contributed by atoms with Crippen molar-refractivity contribution in [2.75, 3.05) is 33.4 Å². The van der Waals surface area contributed by atoms with E-state index in [1.165, 1.54) is 11.1 Å². The fourth-order valence-electron chi connectivity index (χ4n) is 3.72. The molecule has 5 heteroatoms. The van der Waals surface area contributed by atoms with Crippen LogP contribution in [-0.2, 0) is 27.2 Å². The summed E-state index contributed by atoms with van der Waals surface area (Å²) < 4.78 is 5.03. The Kier molecular flexibility index (Phi) is 5.51. The average Bonchev–Trinajstić information content (AvgIpc) is 2.97. The van der Waals surface area contributed by atoms with Crippen LogP contribution in [0.3, 0.4) is 0 Å². The summed E-state index contributed by atoms with van der Waals surface area (Å²) in [6, 6.07) is 8.38. The quantitative estimate of drug-likeness (QED) is 0.858. The number of ether oxygens (including phenoxy) is 1. The Balaban J connectivity index is 1.46. The first-order chi connectivity index (χ1) is 11.7. The van der Waals surface area contributed by atoms with Gasteiger partial charge < -0.3 is 15.0 Å². The van der Waals surface area contributed by atoms with Crippen molar-refractivity contribution in [3.63, 3.8) is 0 Å². The number of likely N-dealkylation sites (tertiary alicyclic amines) is 1. The number of carbonyl (C=O) groups excluding carboxylic acids is 2. The van der Waals surface area contributed by atoms with Gasteiger partial charge in [0.05, 0.1) is 6.61 Å². The van der Waals surface area contributed by atoms with Gasteiger partial charge in [0.15, 0.2) is 0 Å². The maximum absolute atomic E-state index is 12.5. The lowest BCUT2D eigenvalue weighted by Crippen LogP contribution is -2.37. The van der Waals surface area contributed by atoms with Crippen LogP contribution in [0.25, 0.3) is 0 Å². The van der Waals surface area contributed by atoms with Crippen LogP contribution in [-0.4, -0.2) is 50.1 Å². The molecule has 0 bridgehead atoms. The third kappa shape index (κ3) is 3.96. The average molecular weight is 330 g/mol. The van der Waals surface area contributed by atoms with Gasteiger partial charge in [0.1, 0.15) is 0 Å². The maximum atomic E-state index is 12.5. The van der Waals surface area contributed by atoms with E-state index in [1.54, 1.807) is 7.11 Å². The number of rotatable bonds is 6. The molecule has 24 heavy (non-hydrogen) atoms. The van der Waals surface area contributed by atoms with Gasteiger partial charge in [0.25, 0.3) is 0 Å². The number of benzene rings is 1. The van der Waals surface area contributed by atoms with Gasteiger partial charge in [-0.25, -0.2) is 0 Å². The molecule has 1 aromatic rings. The normalized spacial score (nSPS) is 23.2. The van der Waals surface area contributed by atoms with Crippen molar-refractivity contribution in [3.05, 3.63) is 35.4 Å². The monoisotopic (exact) mass is 330 g/mol. The van der Waals surface area contributed by atoms with E-state index in [4.69, 9.17) is 4.74 Å². The van der Waals surface area contributed by atoms with Gasteiger partial charge in [-0.15, -0.1) is 0 Å². The topological polar surface area (TPSA) is 58.6 Å². The SMILES string of the molecule is COCCN1C[C@H](CNC(=O)[C@H]2CCc3ccccc3C2)CC1=O. The minimum absolute atomic E-state index is 0.0570. The first-order valence-corrected chi connectivity index (χ1v) is 8.78. The summed E-state index contributed by atoms with van der Waals surface area (Å²) in [4.78, 5) is 26.2. The minimum Gasteiger partial charge on any atom is -0.383 e. The molecule has 2 atom stereocenters. The predicted octanol–water partition coefficient (Wildman–Crippen LogP) is 1.40. The van der Waals surface area contributed by atoms with Gasteiger partial charge in [-0.2, -0.15) is 0 Å². The van der Waals surface area contributed by atoms with E-state index >= 15 is 0 Å². The third-order valence-electron chi connectivity index (χ3n) is 5.14. The van der Waals surface area contributed by atoms with E-state index in [2.05, 4.69) is 23.5 Å². The molecule has 0 spiro atoms. The summed E-state index contributed by atoms with van der Waals surface area (Å²) >= 11 is 0. The lowest BCUT2D eigenvalue weighted by molar-refractivity contribution is -0.128. The maximum Gasteiger partial charge on any atom is 0.223 e. The second-order valence-corrected chi connectivity index (χ2v) is 6.86. The highest BCUT2D eigenvalue weighted by Crippen LogP contribution is 2.25. The molecular weight excluding hydrogens is 304 g/mol. The van der Waals surface area contributed by atoms with E-state index in [0.29, 0.717) is 26.1 Å². The summed E-state index contributed by atoms with van der Waals surface area (Å²) in [5.41, 5.74) is 2.67. The zero-order chi connectivity index (χ0) is 16.9. The molecular formula is C19H26N2O3. The van der Waals surface area contributed by atoms with Crippen LogP contribution in [0.4, 0.5) is 0 Å². The molecule has 0 radical (unpaired) electrons. The molecule has 1 aliphatic carbocycles. The Morgan fingerprint density at radius 2 is 2.08 bits per heavy atom. The molecule has 3 rings (SSSR count). The largest absolute Gasteiger partial charge is 0.383 e. The standard InChI is InChI=1S/C19H26N2O3/c1-24-9-8-21-13-14(10-18(21)22)12-20-19(23)17-7-6-15-4-2-3-5-16(15)11-17/h2-5,14,17H,6-13H2,1H3,(H,20,23)/t14-,17-/m0/s1. The van der Waals surface area contributed by atoms with Crippen LogP contribution in [0.15, 0.2) is 24.3 Å². The Morgan fingerprint density at radius 1 is 1.29 bits per heavy atom. The number of hydrogen-bond acceptors (Lipinski definition) is 3. The minimum atomic E-state index is 0.0570. The number of carbonyl (C=O) groups is 2. The Hall–Kier alpha value is -1.88. The Labute approximate surface area is 143 Å². The van der Waals surface area contributed by atoms with Crippen LogP contribution in [0, 0.1) is 11.8 Å². The number of nitrogens with one attached hydrogen (secondary N) is 1. The molecule has 0 aromatic heterocycles. The predicted molar refractivity (Wildman–Crippen MR) is 91.5 cm³/mol. The second kappa shape index (κ2) is 7.79. The second-order valence-electron chi connectivity index (χ2n) is 6.86. The van der Waals surface area contributed by atoms with Crippen molar-refractivity contribution >= 4 is 11.8 Å². The molecule has 1 aliphatic heterocycles. The van der Waals surface area contributed by atoms with Crippen LogP contribution in [0.1, 0.15) is 24.0 Å². The highest BCUT2D eigenvalue weighted by Gasteiger charge is 2.30. The molecule has 0 unspecified atom stereocenters. The highest BCUT2D eigenvalue weighted by atomic mass is 16.5. The number of amides is 2. The molecule has 130 valence electrons. The van der Waals surface area contributed by atoms with Crippen LogP contribution < -0.4 is 5.32 Å². The number of fused-ring (bicyclic) bond motifs is 1. The Bertz CT molecular complexity index is 602. The zero-order valence-corrected chi connectivity index (χ0v) is 14.3. The van der Waals surface area contributed by atoms with Crippen LogP contribution in [0.2, 0.25) is 0 Å². The van der Waals surface area contributed by atoms with E-state index in [0.717, 1.165) is 25.8 Å². The fraction of sp³-hybridized carbons (Fsp3) is 0.579. The number of aryl methyl sites for hydroxylation is 1. The van der Waals surface area contributed by atoms with Crippen molar-refractivity contribution in [3.8, 4) is 0 Å². The number of hydrogen-bond donors (Lipinski definition) is 1. The summed E-state index contributed by atoms with van der Waals surface area (Å²) in [5.74, 6) is 0.570. The number of nitrogens with zero attached hydrogens (tertiary/aromatic N) is 1. The number of methoxy groups -OCH3 is 1. The van der Waals surface area contributed by atoms with Gasteiger partial charge in [0.2, 0.25) is 11.8 Å². The highest BCUT2D eigenvalue weighted by molar-refractivity contribution is 5.80. The summed E-state index contributed by atoms with van der Waals surface area (Å²) in [7, 11) is 1.64. The summed E-state index contributed by atoms with van der Waals surface area (Å²) in [5, 5.41) is 3.07. The summed E-state index contributed by atoms with van der Waals surface area (Å²) in [6.45, 7) is 2.51. The van der Waals surface area contributed by atoms with Gasteiger partial charge in [-0.1, -0.05) is 24.3 Å². The molecule has 1 N–H and O–H groups in total. The van der Waals surface area contributed by atoms with E-state index < -0.39 is 0 Å². The fourth-order valence-corrected chi connectivity index (χ4v) is 3.72. The zero-order valence-electron chi connectivity index (χ0n) is 14.3. The molecule has 5 nitrogen and oxygen atoms in total. The van der Waals surface area contributed by atoms with Crippen molar-refractivity contribution in [1.82, 2.24) is 10.2 Å². The lowest BCUT2D eigenvalue weighted by Gasteiger charge is -2.24. The first kappa shape index (κ1) is 17.0. The molecule has 1 aromatic carbocycles. The van der Waals surface area contributed by atoms with Gasteiger partial charge in [-0.3, -0.25) is 9.59 Å². The Morgan fingerprint density at radius 3 is 2.88 bits per heavy atom. The molecule has 1 fully saturated rings. The van der Waals surface area contributed by atoms with Crippen LogP contribution >= 0.6 is 0 Å². The van der Waals surface area contributed by atoms with Gasteiger partial charge in [0, 0.05) is 45.0 Å². The molecule has 2 aliphatic rings. The third-order valence-corrected chi connectivity index (χ3v) is 5.14. The van der Waals surface area contributed by atoms with Crippen molar-refractivity contribution in [2.45, 2.75) is 25.7 Å². The van der Waals surface area contributed by atoms with Crippen molar-refractivity contribution in [2.24, 2.45) is 11.8 Å². The van der Waals surface area contributed by atoms with Crippen molar-refractivity contribution in [1.29, 1.82) is 0 Å². The smallest absolute Gasteiger partial charge is 0.223 e.